The molecule has 0 atom stereocenters. The molecule has 0 aliphatic rings. The molecule has 0 heterocycles. The fourth-order valence-corrected chi connectivity index (χ4v) is 2.38. The van der Waals surface area contributed by atoms with Gasteiger partial charge in [-0.2, -0.15) is 0 Å². The second-order valence-electron chi connectivity index (χ2n) is 5.62. The predicted molar refractivity (Wildman–Crippen MR) is 92.3 cm³/mol. The van der Waals surface area contributed by atoms with Crippen LogP contribution < -0.4 is 10.2 Å². The van der Waals surface area contributed by atoms with Gasteiger partial charge < -0.3 is 10.2 Å². The van der Waals surface area contributed by atoms with Crippen molar-refractivity contribution in [3.8, 4) is 0 Å². The summed E-state index contributed by atoms with van der Waals surface area (Å²) >= 11 is 0. The van der Waals surface area contributed by atoms with E-state index in [0.29, 0.717) is 18.7 Å². The number of carbonyl (C=O) groups excluding carboxylic acids is 2. The quantitative estimate of drug-likeness (QED) is 0.886. The first-order valence-corrected chi connectivity index (χ1v) is 7.82. The zero-order chi connectivity index (χ0) is 17.5. The molecular weight excluding hydrogens is 307 g/mol. The molecule has 0 saturated carbocycles. The molecule has 4 nitrogen and oxygen atoms in total. The van der Waals surface area contributed by atoms with Gasteiger partial charge in [-0.3, -0.25) is 9.59 Å². The van der Waals surface area contributed by atoms with Gasteiger partial charge in [-0.1, -0.05) is 35.9 Å². The summed E-state index contributed by atoms with van der Waals surface area (Å²) in [6.07, 6.45) is -0.0166. The third-order valence-corrected chi connectivity index (χ3v) is 3.69. The molecule has 0 aromatic heterocycles. The summed E-state index contributed by atoms with van der Waals surface area (Å²) in [5.74, 6) is -0.757. The summed E-state index contributed by atoms with van der Waals surface area (Å²) in [5.41, 5.74) is 2.26. The Labute approximate surface area is 141 Å². The van der Waals surface area contributed by atoms with Gasteiger partial charge in [0.2, 0.25) is 11.8 Å². The molecule has 2 aromatic carbocycles. The molecule has 5 heteroatoms. The monoisotopic (exact) mass is 328 g/mol. The molecule has 0 bridgehead atoms. The van der Waals surface area contributed by atoms with Crippen molar-refractivity contribution in [2.75, 3.05) is 18.0 Å². The van der Waals surface area contributed by atoms with Crippen LogP contribution >= 0.6 is 0 Å². The van der Waals surface area contributed by atoms with Gasteiger partial charge in [0.15, 0.2) is 0 Å². The van der Waals surface area contributed by atoms with Crippen LogP contribution in [-0.4, -0.2) is 24.9 Å². The van der Waals surface area contributed by atoms with Crippen molar-refractivity contribution >= 4 is 17.5 Å². The lowest BCUT2D eigenvalue weighted by Crippen LogP contribution is -2.38. The lowest BCUT2D eigenvalue weighted by molar-refractivity contribution is -0.121. The Morgan fingerprint density at radius 1 is 1.08 bits per heavy atom. The minimum Gasteiger partial charge on any atom is -0.354 e. The van der Waals surface area contributed by atoms with Gasteiger partial charge in [-0.05, 0) is 30.7 Å². The molecule has 0 saturated heterocycles. The average Bonchev–Trinajstić information content (AvgIpc) is 2.54. The van der Waals surface area contributed by atoms with Gasteiger partial charge in [-0.25, -0.2) is 4.39 Å². The zero-order valence-electron chi connectivity index (χ0n) is 13.9. The van der Waals surface area contributed by atoms with Crippen molar-refractivity contribution in [3.63, 3.8) is 0 Å². The van der Waals surface area contributed by atoms with Crippen LogP contribution in [0.1, 0.15) is 18.1 Å². The third-order valence-electron chi connectivity index (χ3n) is 3.69. The standard InChI is InChI=1S/C19H21FN2O2/c1-14-7-9-17(10-8-14)22(15(2)23)12-11-21-19(24)13-16-5-3-4-6-18(16)20/h3-10H,11-13H2,1-2H3,(H,21,24). The SMILES string of the molecule is CC(=O)N(CCNC(=O)Cc1ccccc1F)c1ccc(C)cc1. The molecule has 0 aliphatic carbocycles. The third kappa shape index (κ3) is 4.91. The van der Waals surface area contributed by atoms with Crippen molar-refractivity contribution in [2.24, 2.45) is 0 Å². The van der Waals surface area contributed by atoms with Crippen LogP contribution in [0.15, 0.2) is 48.5 Å². The summed E-state index contributed by atoms with van der Waals surface area (Å²) in [5, 5.41) is 2.73. The minimum absolute atomic E-state index is 0.0166. The van der Waals surface area contributed by atoms with Crippen LogP contribution in [0.4, 0.5) is 10.1 Å². The fraction of sp³-hybridized carbons (Fsp3) is 0.263. The van der Waals surface area contributed by atoms with Gasteiger partial charge in [0.05, 0.1) is 6.42 Å². The minimum atomic E-state index is -0.391. The first kappa shape index (κ1) is 17.7. The van der Waals surface area contributed by atoms with Gasteiger partial charge in [0, 0.05) is 25.7 Å². The maximum Gasteiger partial charge on any atom is 0.224 e. The van der Waals surface area contributed by atoms with Crippen molar-refractivity contribution in [2.45, 2.75) is 20.3 Å². The number of nitrogens with one attached hydrogen (secondary N) is 1. The van der Waals surface area contributed by atoms with E-state index < -0.39 is 5.82 Å². The number of aryl methyl sites for hydroxylation is 1. The Kier molecular flexibility index (Phi) is 6.07. The van der Waals surface area contributed by atoms with E-state index in [-0.39, 0.29) is 18.2 Å². The highest BCUT2D eigenvalue weighted by molar-refractivity contribution is 5.91. The molecule has 0 fully saturated rings. The Morgan fingerprint density at radius 3 is 2.38 bits per heavy atom. The molecule has 24 heavy (non-hydrogen) atoms. The van der Waals surface area contributed by atoms with Gasteiger partial charge in [0.1, 0.15) is 5.82 Å². The van der Waals surface area contributed by atoms with Crippen LogP contribution in [0, 0.1) is 12.7 Å². The maximum absolute atomic E-state index is 13.5. The second-order valence-corrected chi connectivity index (χ2v) is 5.62. The highest BCUT2D eigenvalue weighted by Crippen LogP contribution is 2.14. The second kappa shape index (κ2) is 8.24. The molecule has 126 valence electrons. The number of nitrogens with zero attached hydrogens (tertiary/aromatic N) is 1. The molecule has 0 radical (unpaired) electrons. The molecule has 2 rings (SSSR count). The summed E-state index contributed by atoms with van der Waals surface area (Å²) in [6, 6.07) is 13.8. The number of hydrogen-bond acceptors (Lipinski definition) is 2. The van der Waals surface area contributed by atoms with E-state index in [4.69, 9.17) is 0 Å². The number of halogens is 1. The number of rotatable bonds is 6. The molecule has 1 N–H and O–H groups in total. The maximum atomic E-state index is 13.5. The average molecular weight is 328 g/mol. The van der Waals surface area contributed by atoms with E-state index in [9.17, 15) is 14.0 Å². The highest BCUT2D eigenvalue weighted by Gasteiger charge is 2.12. The van der Waals surface area contributed by atoms with E-state index in [1.54, 1.807) is 23.1 Å². The number of hydrogen-bond donors (Lipinski definition) is 1. The van der Waals surface area contributed by atoms with Crippen LogP contribution in [0.2, 0.25) is 0 Å². The first-order chi connectivity index (χ1) is 11.5. The summed E-state index contributed by atoms with van der Waals surface area (Å²) in [6.45, 7) is 4.13. The summed E-state index contributed by atoms with van der Waals surface area (Å²) < 4.78 is 13.5. The molecule has 0 aliphatic heterocycles. The molecule has 2 aromatic rings. The Hall–Kier alpha value is -2.69. The van der Waals surface area contributed by atoms with Crippen LogP contribution in [0.25, 0.3) is 0 Å². The lowest BCUT2D eigenvalue weighted by Gasteiger charge is -2.21. The van der Waals surface area contributed by atoms with Crippen molar-refractivity contribution in [1.29, 1.82) is 0 Å². The van der Waals surface area contributed by atoms with Gasteiger partial charge in [-0.15, -0.1) is 0 Å². The highest BCUT2D eigenvalue weighted by atomic mass is 19.1. The van der Waals surface area contributed by atoms with Crippen molar-refractivity contribution in [3.05, 3.63) is 65.5 Å². The Morgan fingerprint density at radius 2 is 1.75 bits per heavy atom. The lowest BCUT2D eigenvalue weighted by atomic mass is 10.1. The molecule has 0 unspecified atom stereocenters. The topological polar surface area (TPSA) is 49.4 Å². The van der Waals surface area contributed by atoms with Crippen LogP contribution in [0.5, 0.6) is 0 Å². The number of amides is 2. The van der Waals surface area contributed by atoms with Crippen LogP contribution in [-0.2, 0) is 16.0 Å². The van der Waals surface area contributed by atoms with Gasteiger partial charge >= 0.3 is 0 Å². The smallest absolute Gasteiger partial charge is 0.224 e. The number of anilines is 1. The predicted octanol–water partition coefficient (Wildman–Crippen LogP) is 2.85. The first-order valence-electron chi connectivity index (χ1n) is 7.82. The molecule has 2 amide bonds. The van der Waals surface area contributed by atoms with Crippen molar-refractivity contribution in [1.82, 2.24) is 5.32 Å². The molecular formula is C19H21FN2O2. The van der Waals surface area contributed by atoms with E-state index >= 15 is 0 Å². The Bertz CT molecular complexity index is 714. The zero-order valence-corrected chi connectivity index (χ0v) is 13.9. The number of benzene rings is 2. The van der Waals surface area contributed by atoms with Crippen LogP contribution in [0.3, 0.4) is 0 Å². The van der Waals surface area contributed by atoms with E-state index in [2.05, 4.69) is 5.32 Å². The van der Waals surface area contributed by atoms with E-state index in [1.807, 2.05) is 31.2 Å². The van der Waals surface area contributed by atoms with Gasteiger partial charge in [0.25, 0.3) is 0 Å². The fourth-order valence-electron chi connectivity index (χ4n) is 2.38. The number of carbonyl (C=O) groups is 2. The normalized spacial score (nSPS) is 10.3. The van der Waals surface area contributed by atoms with E-state index in [1.165, 1.54) is 13.0 Å². The van der Waals surface area contributed by atoms with E-state index in [0.717, 1.165) is 11.3 Å². The molecule has 0 spiro atoms. The summed E-state index contributed by atoms with van der Waals surface area (Å²) in [7, 11) is 0. The largest absolute Gasteiger partial charge is 0.354 e. The van der Waals surface area contributed by atoms with Crippen molar-refractivity contribution < 1.29 is 14.0 Å². The summed E-state index contributed by atoms with van der Waals surface area (Å²) in [4.78, 5) is 25.3. The Balaban J connectivity index is 1.89.